The van der Waals surface area contributed by atoms with Gasteiger partial charge in [0.1, 0.15) is 11.5 Å². The Morgan fingerprint density at radius 3 is 3.00 bits per heavy atom. The molecule has 0 spiro atoms. The first-order valence-electron chi connectivity index (χ1n) is 4.64. The van der Waals surface area contributed by atoms with Crippen molar-refractivity contribution in [2.75, 3.05) is 19.8 Å². The van der Waals surface area contributed by atoms with Crippen molar-refractivity contribution in [2.45, 2.75) is 12.8 Å². The molecule has 2 rings (SSSR count). The quantitative estimate of drug-likeness (QED) is 0.757. The summed E-state index contributed by atoms with van der Waals surface area (Å²) in [4.78, 5) is 0. The Morgan fingerprint density at radius 1 is 1.54 bits per heavy atom. The zero-order chi connectivity index (χ0) is 9.26. The van der Waals surface area contributed by atoms with Crippen LogP contribution in [0.4, 0.5) is 4.39 Å². The maximum absolute atomic E-state index is 12.6. The third-order valence-corrected chi connectivity index (χ3v) is 2.66. The molecule has 3 heteroatoms. The number of hydrogen-bond donors (Lipinski definition) is 1. The van der Waals surface area contributed by atoms with Gasteiger partial charge in [-0.15, -0.1) is 0 Å². The summed E-state index contributed by atoms with van der Waals surface area (Å²) in [6.45, 7) is 3.25. The molecular formula is C10H14FNO. The summed E-state index contributed by atoms with van der Waals surface area (Å²) in [6.07, 6.45) is 0. The van der Waals surface area contributed by atoms with Crippen molar-refractivity contribution >= 4 is 0 Å². The molecule has 2 heterocycles. The van der Waals surface area contributed by atoms with E-state index in [0.29, 0.717) is 0 Å². The van der Waals surface area contributed by atoms with Crippen LogP contribution in [-0.2, 0) is 0 Å². The molecule has 2 nitrogen and oxygen atoms in total. The lowest BCUT2D eigenvalue weighted by Crippen LogP contribution is -2.12. The van der Waals surface area contributed by atoms with E-state index in [-0.39, 0.29) is 18.5 Å². The summed E-state index contributed by atoms with van der Waals surface area (Å²) >= 11 is 0. The Bertz CT molecular complexity index is 284. The van der Waals surface area contributed by atoms with Crippen LogP contribution in [0.1, 0.15) is 17.4 Å². The SMILES string of the molecule is Cc1ccc([C@@H]2CNC[C@H]2CF)o1. The van der Waals surface area contributed by atoms with Crippen molar-refractivity contribution < 1.29 is 8.81 Å². The molecule has 1 aromatic rings. The smallest absolute Gasteiger partial charge is 0.108 e. The number of halogens is 1. The minimum Gasteiger partial charge on any atom is -0.466 e. The average molecular weight is 183 g/mol. The van der Waals surface area contributed by atoms with Crippen molar-refractivity contribution in [2.24, 2.45) is 5.92 Å². The van der Waals surface area contributed by atoms with Gasteiger partial charge in [0, 0.05) is 24.9 Å². The van der Waals surface area contributed by atoms with Gasteiger partial charge in [0.05, 0.1) is 6.67 Å². The van der Waals surface area contributed by atoms with E-state index in [1.807, 2.05) is 19.1 Å². The summed E-state index contributed by atoms with van der Waals surface area (Å²) in [7, 11) is 0. The highest BCUT2D eigenvalue weighted by molar-refractivity contribution is 5.13. The van der Waals surface area contributed by atoms with Crippen molar-refractivity contribution in [3.63, 3.8) is 0 Å². The molecule has 1 aliphatic heterocycles. The first-order chi connectivity index (χ1) is 6.31. The maximum Gasteiger partial charge on any atom is 0.108 e. The fraction of sp³-hybridized carbons (Fsp3) is 0.600. The number of rotatable bonds is 2. The van der Waals surface area contributed by atoms with E-state index in [4.69, 9.17) is 4.42 Å². The normalized spacial score (nSPS) is 28.2. The highest BCUT2D eigenvalue weighted by Gasteiger charge is 2.30. The maximum atomic E-state index is 12.6. The molecule has 13 heavy (non-hydrogen) atoms. The second-order valence-electron chi connectivity index (χ2n) is 3.63. The monoisotopic (exact) mass is 183 g/mol. The molecular weight excluding hydrogens is 169 g/mol. The zero-order valence-electron chi connectivity index (χ0n) is 7.72. The van der Waals surface area contributed by atoms with Crippen LogP contribution in [-0.4, -0.2) is 19.8 Å². The predicted molar refractivity (Wildman–Crippen MR) is 48.5 cm³/mol. The number of hydrogen-bond acceptors (Lipinski definition) is 2. The van der Waals surface area contributed by atoms with E-state index >= 15 is 0 Å². The molecule has 1 aromatic heterocycles. The number of nitrogens with one attached hydrogen (secondary N) is 1. The first-order valence-corrected chi connectivity index (χ1v) is 4.64. The third-order valence-electron chi connectivity index (χ3n) is 2.66. The second-order valence-corrected chi connectivity index (χ2v) is 3.63. The number of aryl methyl sites for hydroxylation is 1. The van der Waals surface area contributed by atoms with Crippen LogP contribution in [0.3, 0.4) is 0 Å². The van der Waals surface area contributed by atoms with E-state index in [0.717, 1.165) is 24.6 Å². The molecule has 0 amide bonds. The number of alkyl halides is 1. The van der Waals surface area contributed by atoms with E-state index in [2.05, 4.69) is 5.32 Å². The van der Waals surface area contributed by atoms with Crippen LogP contribution >= 0.6 is 0 Å². The molecule has 0 saturated carbocycles. The van der Waals surface area contributed by atoms with Gasteiger partial charge < -0.3 is 9.73 Å². The van der Waals surface area contributed by atoms with Crippen molar-refractivity contribution in [1.82, 2.24) is 5.32 Å². The molecule has 1 saturated heterocycles. The van der Waals surface area contributed by atoms with E-state index < -0.39 is 0 Å². The van der Waals surface area contributed by atoms with Crippen molar-refractivity contribution in [3.8, 4) is 0 Å². The topological polar surface area (TPSA) is 25.2 Å². The summed E-state index contributed by atoms with van der Waals surface area (Å²) in [6, 6.07) is 3.89. The van der Waals surface area contributed by atoms with Gasteiger partial charge >= 0.3 is 0 Å². The molecule has 72 valence electrons. The number of furan rings is 1. The molecule has 1 aliphatic rings. The van der Waals surface area contributed by atoms with Crippen molar-refractivity contribution in [1.29, 1.82) is 0 Å². The minimum atomic E-state index is -0.266. The highest BCUT2D eigenvalue weighted by Crippen LogP contribution is 2.29. The second kappa shape index (κ2) is 3.50. The Kier molecular flexibility index (Phi) is 2.36. The van der Waals surface area contributed by atoms with Gasteiger partial charge in [-0.05, 0) is 19.1 Å². The standard InChI is InChI=1S/C10H14FNO/c1-7-2-3-10(13-7)9-6-12-5-8(9)4-11/h2-3,8-9,12H,4-6H2,1H3/t8-,9-/m1/s1. The van der Waals surface area contributed by atoms with Gasteiger partial charge in [-0.1, -0.05) is 0 Å². The Morgan fingerprint density at radius 2 is 2.38 bits per heavy atom. The summed E-state index contributed by atoms with van der Waals surface area (Å²) in [5.74, 6) is 2.13. The van der Waals surface area contributed by atoms with Crippen LogP contribution in [0, 0.1) is 12.8 Å². The minimum absolute atomic E-state index is 0.0885. The summed E-state index contributed by atoms with van der Waals surface area (Å²) < 4.78 is 18.1. The van der Waals surface area contributed by atoms with Crippen molar-refractivity contribution in [3.05, 3.63) is 23.7 Å². The molecule has 0 unspecified atom stereocenters. The molecule has 1 N–H and O–H groups in total. The van der Waals surface area contributed by atoms with Gasteiger partial charge in [-0.2, -0.15) is 0 Å². The lowest BCUT2D eigenvalue weighted by atomic mass is 9.95. The van der Waals surface area contributed by atoms with Gasteiger partial charge in [-0.3, -0.25) is 4.39 Å². The predicted octanol–water partition coefficient (Wildman–Crippen LogP) is 1.86. The molecule has 2 atom stereocenters. The summed E-state index contributed by atoms with van der Waals surface area (Å²) in [5, 5.41) is 3.18. The van der Waals surface area contributed by atoms with Crippen LogP contribution in [0.15, 0.2) is 16.5 Å². The fourth-order valence-corrected chi connectivity index (χ4v) is 1.88. The Hall–Kier alpha value is -0.830. The third kappa shape index (κ3) is 1.61. The van der Waals surface area contributed by atoms with Gasteiger partial charge in [-0.25, -0.2) is 0 Å². The van der Waals surface area contributed by atoms with E-state index in [9.17, 15) is 4.39 Å². The molecule has 0 aromatic carbocycles. The fourth-order valence-electron chi connectivity index (χ4n) is 1.88. The Balaban J connectivity index is 2.15. The van der Waals surface area contributed by atoms with E-state index in [1.54, 1.807) is 0 Å². The first kappa shape index (κ1) is 8.75. The zero-order valence-corrected chi connectivity index (χ0v) is 7.72. The average Bonchev–Trinajstić information content (AvgIpc) is 2.71. The summed E-state index contributed by atoms with van der Waals surface area (Å²) in [5.41, 5.74) is 0. The van der Waals surface area contributed by atoms with Crippen LogP contribution in [0.5, 0.6) is 0 Å². The Labute approximate surface area is 77.1 Å². The van der Waals surface area contributed by atoms with Gasteiger partial charge in [0.2, 0.25) is 0 Å². The van der Waals surface area contributed by atoms with Gasteiger partial charge in [0.15, 0.2) is 0 Å². The molecule has 0 aliphatic carbocycles. The highest BCUT2D eigenvalue weighted by atomic mass is 19.1. The van der Waals surface area contributed by atoms with Crippen LogP contribution in [0.2, 0.25) is 0 Å². The largest absolute Gasteiger partial charge is 0.466 e. The van der Waals surface area contributed by atoms with Crippen LogP contribution in [0.25, 0.3) is 0 Å². The lowest BCUT2D eigenvalue weighted by molar-refractivity contribution is 0.328. The van der Waals surface area contributed by atoms with Crippen LogP contribution < -0.4 is 5.32 Å². The molecule has 0 radical (unpaired) electrons. The van der Waals surface area contributed by atoms with Gasteiger partial charge in [0.25, 0.3) is 0 Å². The molecule has 1 fully saturated rings. The lowest BCUT2D eigenvalue weighted by Gasteiger charge is -2.11. The van der Waals surface area contributed by atoms with E-state index in [1.165, 1.54) is 0 Å². The molecule has 0 bridgehead atoms.